The van der Waals surface area contributed by atoms with Crippen LogP contribution in [0.4, 0.5) is 0 Å². The van der Waals surface area contributed by atoms with Gasteiger partial charge in [-0.3, -0.25) is 0 Å². The lowest BCUT2D eigenvalue weighted by atomic mass is 9.84. The molecule has 1 saturated heterocycles. The zero-order valence-corrected chi connectivity index (χ0v) is 9.98. The minimum Gasteiger partial charge on any atom is -0.314 e. The Morgan fingerprint density at radius 3 is 2.69 bits per heavy atom. The van der Waals surface area contributed by atoms with Crippen molar-refractivity contribution in [3.05, 3.63) is 0 Å². The Morgan fingerprint density at radius 2 is 2.15 bits per heavy atom. The fourth-order valence-corrected chi connectivity index (χ4v) is 2.44. The second-order valence-electron chi connectivity index (χ2n) is 4.56. The predicted octanol–water partition coefficient (Wildman–Crippen LogP) is 2.72. The molecule has 0 radical (unpaired) electrons. The Balaban J connectivity index is 2.41. The average molecular weight is 201 g/mol. The molecule has 0 spiro atoms. The van der Waals surface area contributed by atoms with Gasteiger partial charge in [-0.05, 0) is 37.6 Å². The Labute approximate surface area is 88.1 Å². The third-order valence-electron chi connectivity index (χ3n) is 3.25. The molecule has 1 aliphatic heterocycles. The summed E-state index contributed by atoms with van der Waals surface area (Å²) < 4.78 is 0. The number of hydrogen-bond donors (Lipinski definition) is 2. The standard InChI is InChI=1S/C11H23NS/c1-4-11(13)9-5-6-12-10(7-9)8(2)3/h8-13H,4-7H2,1-3H3. The molecule has 0 bridgehead atoms. The molecular formula is C11H23NS. The van der Waals surface area contributed by atoms with Crippen molar-refractivity contribution in [1.29, 1.82) is 0 Å². The molecule has 1 rings (SSSR count). The number of hydrogen-bond acceptors (Lipinski definition) is 2. The van der Waals surface area contributed by atoms with E-state index in [0.717, 1.165) is 17.9 Å². The van der Waals surface area contributed by atoms with Crippen molar-refractivity contribution in [3.63, 3.8) is 0 Å². The van der Waals surface area contributed by atoms with Gasteiger partial charge in [-0.15, -0.1) is 0 Å². The van der Waals surface area contributed by atoms with Gasteiger partial charge in [0.05, 0.1) is 0 Å². The van der Waals surface area contributed by atoms with Crippen molar-refractivity contribution in [1.82, 2.24) is 5.32 Å². The van der Waals surface area contributed by atoms with Crippen molar-refractivity contribution in [2.45, 2.75) is 51.3 Å². The molecule has 2 heteroatoms. The molecule has 1 heterocycles. The number of rotatable bonds is 3. The van der Waals surface area contributed by atoms with E-state index in [1.807, 2.05) is 0 Å². The van der Waals surface area contributed by atoms with Gasteiger partial charge in [-0.25, -0.2) is 0 Å². The van der Waals surface area contributed by atoms with Crippen molar-refractivity contribution in [2.75, 3.05) is 6.54 Å². The average Bonchev–Trinajstić information content (AvgIpc) is 2.17. The van der Waals surface area contributed by atoms with E-state index in [2.05, 4.69) is 38.7 Å². The monoisotopic (exact) mass is 201 g/mol. The molecular weight excluding hydrogens is 178 g/mol. The van der Waals surface area contributed by atoms with Gasteiger partial charge in [-0.2, -0.15) is 12.6 Å². The summed E-state index contributed by atoms with van der Waals surface area (Å²) in [6, 6.07) is 0.722. The van der Waals surface area contributed by atoms with E-state index >= 15 is 0 Å². The fraction of sp³-hybridized carbons (Fsp3) is 1.00. The molecule has 0 amide bonds. The number of thiol groups is 1. The third-order valence-corrected chi connectivity index (χ3v) is 4.03. The van der Waals surface area contributed by atoms with E-state index in [9.17, 15) is 0 Å². The predicted molar refractivity (Wildman–Crippen MR) is 62.4 cm³/mol. The van der Waals surface area contributed by atoms with Crippen LogP contribution >= 0.6 is 12.6 Å². The van der Waals surface area contributed by atoms with Crippen LogP contribution in [-0.2, 0) is 0 Å². The molecule has 78 valence electrons. The maximum atomic E-state index is 4.65. The summed E-state index contributed by atoms with van der Waals surface area (Å²) in [6.45, 7) is 8.04. The van der Waals surface area contributed by atoms with Crippen LogP contribution in [-0.4, -0.2) is 17.8 Å². The summed E-state index contributed by atoms with van der Waals surface area (Å²) in [7, 11) is 0. The van der Waals surface area contributed by atoms with E-state index in [4.69, 9.17) is 0 Å². The quantitative estimate of drug-likeness (QED) is 0.669. The minimum absolute atomic E-state index is 0.614. The lowest BCUT2D eigenvalue weighted by Crippen LogP contribution is -2.43. The Morgan fingerprint density at radius 1 is 1.46 bits per heavy atom. The molecule has 0 aromatic carbocycles. The van der Waals surface area contributed by atoms with Gasteiger partial charge in [0.25, 0.3) is 0 Å². The lowest BCUT2D eigenvalue weighted by molar-refractivity contribution is 0.250. The van der Waals surface area contributed by atoms with Crippen molar-refractivity contribution < 1.29 is 0 Å². The SMILES string of the molecule is CCC(S)C1CCNC(C(C)C)C1. The maximum absolute atomic E-state index is 4.65. The second-order valence-corrected chi connectivity index (χ2v) is 5.23. The van der Waals surface area contributed by atoms with E-state index in [1.54, 1.807) is 0 Å². The third kappa shape index (κ3) is 3.17. The van der Waals surface area contributed by atoms with Gasteiger partial charge in [0.15, 0.2) is 0 Å². The minimum atomic E-state index is 0.614. The van der Waals surface area contributed by atoms with Crippen LogP contribution in [0.2, 0.25) is 0 Å². The fourth-order valence-electron chi connectivity index (χ4n) is 2.17. The molecule has 3 unspecified atom stereocenters. The van der Waals surface area contributed by atoms with Crippen molar-refractivity contribution in [2.24, 2.45) is 11.8 Å². The topological polar surface area (TPSA) is 12.0 Å². The molecule has 1 nitrogen and oxygen atoms in total. The van der Waals surface area contributed by atoms with Gasteiger partial charge >= 0.3 is 0 Å². The van der Waals surface area contributed by atoms with Crippen molar-refractivity contribution in [3.8, 4) is 0 Å². The molecule has 1 aliphatic rings. The van der Waals surface area contributed by atoms with Crippen LogP contribution in [0, 0.1) is 11.8 Å². The van der Waals surface area contributed by atoms with E-state index in [1.165, 1.54) is 25.8 Å². The normalized spacial score (nSPS) is 32.1. The highest BCUT2D eigenvalue weighted by Gasteiger charge is 2.26. The maximum Gasteiger partial charge on any atom is 0.00931 e. The van der Waals surface area contributed by atoms with Crippen LogP contribution in [0.1, 0.15) is 40.0 Å². The van der Waals surface area contributed by atoms with Crippen molar-refractivity contribution >= 4 is 12.6 Å². The van der Waals surface area contributed by atoms with E-state index in [-0.39, 0.29) is 0 Å². The first-order valence-corrected chi connectivity index (χ1v) is 6.08. The zero-order chi connectivity index (χ0) is 9.84. The summed E-state index contributed by atoms with van der Waals surface area (Å²) in [5.74, 6) is 1.60. The highest BCUT2D eigenvalue weighted by Crippen LogP contribution is 2.27. The van der Waals surface area contributed by atoms with Gasteiger partial charge < -0.3 is 5.32 Å². The van der Waals surface area contributed by atoms with Gasteiger partial charge in [0.1, 0.15) is 0 Å². The highest BCUT2D eigenvalue weighted by molar-refractivity contribution is 7.81. The number of nitrogens with one attached hydrogen (secondary N) is 1. The smallest absolute Gasteiger partial charge is 0.00931 e. The molecule has 0 aliphatic carbocycles. The van der Waals surface area contributed by atoms with Crippen LogP contribution in [0.25, 0.3) is 0 Å². The summed E-state index contributed by atoms with van der Waals surface area (Å²) in [4.78, 5) is 0. The van der Waals surface area contributed by atoms with E-state index < -0.39 is 0 Å². The lowest BCUT2D eigenvalue weighted by Gasteiger charge is -2.35. The Bertz CT molecular complexity index is 147. The van der Waals surface area contributed by atoms with Crippen LogP contribution in [0.5, 0.6) is 0 Å². The Hall–Kier alpha value is 0.310. The molecule has 0 saturated carbocycles. The first kappa shape index (κ1) is 11.4. The highest BCUT2D eigenvalue weighted by atomic mass is 32.1. The van der Waals surface area contributed by atoms with Gasteiger partial charge in [-0.1, -0.05) is 20.8 Å². The summed E-state index contributed by atoms with van der Waals surface area (Å²) in [5, 5.41) is 4.21. The van der Waals surface area contributed by atoms with Gasteiger partial charge in [0, 0.05) is 11.3 Å². The first-order chi connectivity index (χ1) is 6.15. The van der Waals surface area contributed by atoms with E-state index in [0.29, 0.717) is 5.25 Å². The second kappa shape index (κ2) is 5.26. The van der Waals surface area contributed by atoms with Crippen LogP contribution < -0.4 is 5.32 Å². The molecule has 0 aromatic rings. The molecule has 1 N–H and O–H groups in total. The number of piperidine rings is 1. The summed E-state index contributed by atoms with van der Waals surface area (Å²) in [6.07, 6.45) is 3.84. The summed E-state index contributed by atoms with van der Waals surface area (Å²) >= 11 is 4.65. The molecule has 13 heavy (non-hydrogen) atoms. The van der Waals surface area contributed by atoms with Crippen LogP contribution in [0.3, 0.4) is 0 Å². The summed E-state index contributed by atoms with van der Waals surface area (Å²) in [5.41, 5.74) is 0. The molecule has 3 atom stereocenters. The first-order valence-electron chi connectivity index (χ1n) is 5.56. The zero-order valence-electron chi connectivity index (χ0n) is 9.09. The largest absolute Gasteiger partial charge is 0.314 e. The van der Waals surface area contributed by atoms with Crippen LogP contribution in [0.15, 0.2) is 0 Å². The molecule has 1 fully saturated rings. The molecule has 0 aromatic heterocycles. The van der Waals surface area contributed by atoms with Gasteiger partial charge in [0.2, 0.25) is 0 Å². The Kier molecular flexibility index (Phi) is 4.60.